The molecule has 0 N–H and O–H groups in total. The van der Waals surface area contributed by atoms with Crippen LogP contribution in [0, 0.1) is 0 Å². The van der Waals surface area contributed by atoms with Gasteiger partial charge in [0.05, 0.1) is 7.11 Å². The molecule has 0 saturated heterocycles. The smallest absolute Gasteiger partial charge is 0.332 e. The average molecular weight is 218 g/mol. The van der Waals surface area contributed by atoms with Gasteiger partial charge in [-0.3, -0.25) is 0 Å². The van der Waals surface area contributed by atoms with Crippen LogP contribution in [0.15, 0.2) is 30.3 Å². The molecule has 0 unspecified atom stereocenters. The van der Waals surface area contributed by atoms with Crippen molar-refractivity contribution >= 4 is 11.5 Å². The number of carbonyl (C=O) groups excluding carboxylic acids is 1. The van der Waals surface area contributed by atoms with Gasteiger partial charge in [0.15, 0.2) is 0 Å². The molecule has 2 rings (SSSR count). The van der Waals surface area contributed by atoms with Crippen LogP contribution in [0.5, 0.6) is 5.75 Å². The highest BCUT2D eigenvalue weighted by Crippen LogP contribution is 2.35. The Kier molecular flexibility index (Phi) is 2.46. The molecule has 0 saturated carbocycles. The second-order valence-corrected chi connectivity index (χ2v) is 4.22. The molecule has 0 aromatic heterocycles. The lowest BCUT2D eigenvalue weighted by molar-refractivity contribution is -0.142. The van der Waals surface area contributed by atoms with Crippen LogP contribution >= 0.6 is 0 Å². The Labute approximate surface area is 94.7 Å². The maximum absolute atomic E-state index is 11.2. The molecule has 1 aromatic carbocycles. The summed E-state index contributed by atoms with van der Waals surface area (Å²) in [5, 5.41) is 0. The van der Waals surface area contributed by atoms with Gasteiger partial charge >= 0.3 is 5.97 Å². The highest BCUT2D eigenvalue weighted by molar-refractivity contribution is 5.98. The van der Waals surface area contributed by atoms with Gasteiger partial charge in [0.25, 0.3) is 0 Å². The summed E-state index contributed by atoms with van der Waals surface area (Å²) in [6, 6.07) is 7.59. The topological polar surface area (TPSA) is 35.5 Å². The minimum absolute atomic E-state index is 0.282. The lowest BCUT2D eigenvalue weighted by Gasteiger charge is -2.21. The Balaban J connectivity index is 2.37. The minimum atomic E-state index is -0.550. The minimum Gasteiger partial charge on any atom is -0.497 e. The van der Waals surface area contributed by atoms with E-state index in [0.29, 0.717) is 0 Å². The quantitative estimate of drug-likeness (QED) is 0.715. The standard InChI is InChI=1S/C13H14O3/c1-13(2)11(8-12(14)16-13)9-4-6-10(15-3)7-5-9/h4-8H,1-3H3. The monoisotopic (exact) mass is 218 g/mol. The van der Waals surface area contributed by atoms with E-state index in [1.54, 1.807) is 13.2 Å². The second kappa shape index (κ2) is 3.67. The summed E-state index contributed by atoms with van der Waals surface area (Å²) in [5.74, 6) is 0.517. The number of rotatable bonds is 2. The van der Waals surface area contributed by atoms with Crippen molar-refractivity contribution in [2.24, 2.45) is 0 Å². The van der Waals surface area contributed by atoms with Gasteiger partial charge in [-0.25, -0.2) is 4.79 Å². The fourth-order valence-electron chi connectivity index (χ4n) is 1.83. The van der Waals surface area contributed by atoms with E-state index >= 15 is 0 Å². The maximum Gasteiger partial charge on any atom is 0.332 e. The van der Waals surface area contributed by atoms with E-state index in [9.17, 15) is 4.79 Å². The van der Waals surface area contributed by atoms with Crippen molar-refractivity contribution in [2.75, 3.05) is 7.11 Å². The van der Waals surface area contributed by atoms with E-state index in [1.165, 1.54) is 0 Å². The van der Waals surface area contributed by atoms with Crippen molar-refractivity contribution in [1.29, 1.82) is 0 Å². The number of benzene rings is 1. The predicted octanol–water partition coefficient (Wildman–Crippen LogP) is 2.41. The Hall–Kier alpha value is -1.77. The Morgan fingerprint density at radius 1 is 1.19 bits per heavy atom. The third kappa shape index (κ3) is 1.81. The van der Waals surface area contributed by atoms with Crippen LogP contribution in [0.3, 0.4) is 0 Å². The maximum atomic E-state index is 11.2. The lowest BCUT2D eigenvalue weighted by atomic mass is 9.92. The van der Waals surface area contributed by atoms with Crippen molar-refractivity contribution < 1.29 is 14.3 Å². The molecular formula is C13H14O3. The number of hydrogen-bond donors (Lipinski definition) is 0. The van der Waals surface area contributed by atoms with Gasteiger partial charge in [-0.1, -0.05) is 12.1 Å². The van der Waals surface area contributed by atoms with E-state index in [4.69, 9.17) is 9.47 Å². The summed E-state index contributed by atoms with van der Waals surface area (Å²) in [4.78, 5) is 11.2. The molecule has 84 valence electrons. The van der Waals surface area contributed by atoms with Gasteiger partial charge < -0.3 is 9.47 Å². The Bertz CT molecular complexity index is 441. The molecule has 1 aromatic rings. The summed E-state index contributed by atoms with van der Waals surface area (Å²) < 4.78 is 10.3. The first-order chi connectivity index (χ1) is 7.53. The van der Waals surface area contributed by atoms with Crippen molar-refractivity contribution in [2.45, 2.75) is 19.4 Å². The van der Waals surface area contributed by atoms with E-state index in [-0.39, 0.29) is 5.97 Å². The molecule has 0 atom stereocenters. The average Bonchev–Trinajstić information content (AvgIpc) is 2.52. The van der Waals surface area contributed by atoms with Crippen LogP contribution in [0.4, 0.5) is 0 Å². The molecule has 0 fully saturated rings. The van der Waals surface area contributed by atoms with Gasteiger partial charge in [-0.05, 0) is 31.5 Å². The number of hydrogen-bond acceptors (Lipinski definition) is 3. The van der Waals surface area contributed by atoms with Crippen molar-refractivity contribution in [3.8, 4) is 5.75 Å². The molecule has 0 amide bonds. The van der Waals surface area contributed by atoms with E-state index < -0.39 is 5.60 Å². The van der Waals surface area contributed by atoms with Crippen LogP contribution in [0.25, 0.3) is 5.57 Å². The lowest BCUT2D eigenvalue weighted by Crippen LogP contribution is -2.22. The molecule has 1 aliphatic heterocycles. The summed E-state index contributed by atoms with van der Waals surface area (Å²) in [6.07, 6.45) is 1.54. The first-order valence-corrected chi connectivity index (χ1v) is 5.12. The largest absolute Gasteiger partial charge is 0.497 e. The first kappa shape index (κ1) is 10.7. The van der Waals surface area contributed by atoms with E-state index in [1.807, 2.05) is 38.1 Å². The van der Waals surface area contributed by atoms with Crippen molar-refractivity contribution in [3.05, 3.63) is 35.9 Å². The second-order valence-electron chi connectivity index (χ2n) is 4.22. The van der Waals surface area contributed by atoms with Gasteiger partial charge in [0, 0.05) is 11.6 Å². The molecule has 3 nitrogen and oxygen atoms in total. The predicted molar refractivity (Wildman–Crippen MR) is 61.1 cm³/mol. The zero-order valence-electron chi connectivity index (χ0n) is 9.61. The van der Waals surface area contributed by atoms with Crippen molar-refractivity contribution in [1.82, 2.24) is 0 Å². The highest BCUT2D eigenvalue weighted by Gasteiger charge is 2.34. The molecule has 0 spiro atoms. The fourth-order valence-corrected chi connectivity index (χ4v) is 1.83. The number of cyclic esters (lactones) is 1. The summed E-state index contributed by atoms with van der Waals surface area (Å²) in [5.41, 5.74) is 1.34. The highest BCUT2D eigenvalue weighted by atomic mass is 16.6. The number of esters is 1. The van der Waals surface area contributed by atoms with E-state index in [2.05, 4.69) is 0 Å². The third-order valence-corrected chi connectivity index (χ3v) is 2.67. The number of ether oxygens (including phenoxy) is 2. The Morgan fingerprint density at radius 3 is 2.25 bits per heavy atom. The summed E-state index contributed by atoms with van der Waals surface area (Å²) in [7, 11) is 1.63. The molecule has 3 heteroatoms. The van der Waals surface area contributed by atoms with Crippen LogP contribution in [0.2, 0.25) is 0 Å². The summed E-state index contributed by atoms with van der Waals surface area (Å²) in [6.45, 7) is 3.77. The number of methoxy groups -OCH3 is 1. The molecule has 0 aliphatic carbocycles. The normalized spacial score (nSPS) is 17.9. The van der Waals surface area contributed by atoms with Crippen LogP contribution in [-0.4, -0.2) is 18.7 Å². The molecule has 1 aliphatic rings. The van der Waals surface area contributed by atoms with Crippen LogP contribution in [-0.2, 0) is 9.53 Å². The van der Waals surface area contributed by atoms with Crippen LogP contribution < -0.4 is 4.74 Å². The summed E-state index contributed by atoms with van der Waals surface area (Å²) >= 11 is 0. The van der Waals surface area contributed by atoms with Crippen LogP contribution in [0.1, 0.15) is 19.4 Å². The van der Waals surface area contributed by atoms with Gasteiger partial charge in [0.2, 0.25) is 0 Å². The SMILES string of the molecule is COc1ccc(C2=CC(=O)OC2(C)C)cc1. The van der Waals surface area contributed by atoms with Gasteiger partial charge in [0.1, 0.15) is 11.4 Å². The molecule has 1 heterocycles. The third-order valence-electron chi connectivity index (χ3n) is 2.67. The Morgan fingerprint density at radius 2 is 1.81 bits per heavy atom. The number of carbonyl (C=O) groups is 1. The zero-order chi connectivity index (χ0) is 11.8. The fraction of sp³-hybridized carbons (Fsp3) is 0.308. The van der Waals surface area contributed by atoms with E-state index in [0.717, 1.165) is 16.9 Å². The van der Waals surface area contributed by atoms with Gasteiger partial charge in [-0.2, -0.15) is 0 Å². The van der Waals surface area contributed by atoms with Crippen molar-refractivity contribution in [3.63, 3.8) is 0 Å². The first-order valence-electron chi connectivity index (χ1n) is 5.12. The molecular weight excluding hydrogens is 204 g/mol. The molecule has 0 radical (unpaired) electrons. The molecule has 0 bridgehead atoms. The molecule has 16 heavy (non-hydrogen) atoms. The van der Waals surface area contributed by atoms with Gasteiger partial charge in [-0.15, -0.1) is 0 Å². The zero-order valence-corrected chi connectivity index (χ0v) is 9.61.